The maximum atomic E-state index is 11.1. The number of carbonyl (C=O) groups excluding carboxylic acids is 1. The smallest absolute Gasteiger partial charge is 0.159 e. The van der Waals surface area contributed by atoms with Crippen LogP contribution < -0.4 is 5.32 Å². The van der Waals surface area contributed by atoms with E-state index >= 15 is 0 Å². The van der Waals surface area contributed by atoms with Crippen molar-refractivity contribution in [3.8, 4) is 0 Å². The fourth-order valence-electron chi connectivity index (χ4n) is 1.44. The quantitative estimate of drug-likeness (QED) is 0.565. The van der Waals surface area contributed by atoms with E-state index in [0.29, 0.717) is 6.61 Å². The van der Waals surface area contributed by atoms with Gasteiger partial charge in [-0.1, -0.05) is 0 Å². The number of hydrogen-bond donors (Lipinski definition) is 1. The summed E-state index contributed by atoms with van der Waals surface area (Å²) >= 11 is 0. The highest BCUT2D eigenvalue weighted by Gasteiger charge is 1.98. The van der Waals surface area contributed by atoms with Gasteiger partial charge in [0.25, 0.3) is 0 Å². The number of benzene rings is 1. The van der Waals surface area contributed by atoms with Crippen LogP contribution >= 0.6 is 0 Å². The normalized spacial score (nSPS) is 10.7. The molecule has 4 heteroatoms. The summed E-state index contributed by atoms with van der Waals surface area (Å²) in [4.78, 5) is 13.2. The second kappa shape index (κ2) is 7.84. The van der Waals surface area contributed by atoms with Gasteiger partial charge in [-0.05, 0) is 45.3 Å². The van der Waals surface area contributed by atoms with Crippen LogP contribution in [0.1, 0.15) is 17.3 Å². The molecule has 0 fully saturated rings. The average molecular weight is 250 g/mol. The summed E-state index contributed by atoms with van der Waals surface area (Å²) in [6, 6.07) is 7.49. The maximum absolute atomic E-state index is 11.1. The molecule has 0 amide bonds. The van der Waals surface area contributed by atoms with Gasteiger partial charge in [0.05, 0.1) is 13.2 Å². The SMILES string of the molecule is CC(=O)c1ccc(NCCOCCN(C)C)cc1. The molecule has 0 aromatic heterocycles. The molecule has 0 radical (unpaired) electrons. The Hall–Kier alpha value is -1.39. The third kappa shape index (κ3) is 5.80. The molecule has 1 aromatic rings. The topological polar surface area (TPSA) is 41.6 Å². The largest absolute Gasteiger partial charge is 0.383 e. The average Bonchev–Trinajstić information content (AvgIpc) is 2.34. The minimum absolute atomic E-state index is 0.0913. The van der Waals surface area contributed by atoms with Crippen LogP contribution in [0, 0.1) is 0 Å². The third-order valence-corrected chi connectivity index (χ3v) is 2.55. The van der Waals surface area contributed by atoms with Crippen LogP contribution in [0.25, 0.3) is 0 Å². The summed E-state index contributed by atoms with van der Waals surface area (Å²) < 4.78 is 5.47. The lowest BCUT2D eigenvalue weighted by molar-refractivity contribution is 0.101. The summed E-state index contributed by atoms with van der Waals surface area (Å²) in [5, 5.41) is 3.25. The number of rotatable bonds is 8. The van der Waals surface area contributed by atoms with Crippen molar-refractivity contribution in [2.45, 2.75) is 6.92 Å². The Morgan fingerprint density at radius 3 is 2.44 bits per heavy atom. The zero-order valence-corrected chi connectivity index (χ0v) is 11.4. The number of likely N-dealkylation sites (N-methyl/N-ethyl adjacent to an activating group) is 1. The molecule has 4 nitrogen and oxygen atoms in total. The molecular weight excluding hydrogens is 228 g/mol. The van der Waals surface area contributed by atoms with Crippen molar-refractivity contribution in [3.63, 3.8) is 0 Å². The molecule has 0 aliphatic carbocycles. The lowest BCUT2D eigenvalue weighted by Gasteiger charge is -2.10. The van der Waals surface area contributed by atoms with E-state index in [1.54, 1.807) is 6.92 Å². The fraction of sp³-hybridized carbons (Fsp3) is 0.500. The van der Waals surface area contributed by atoms with Gasteiger partial charge in [0.15, 0.2) is 5.78 Å². The van der Waals surface area contributed by atoms with Crippen LogP contribution in [0.3, 0.4) is 0 Å². The van der Waals surface area contributed by atoms with Crippen molar-refractivity contribution in [1.29, 1.82) is 0 Å². The van der Waals surface area contributed by atoms with E-state index in [1.807, 2.05) is 38.4 Å². The van der Waals surface area contributed by atoms with Crippen molar-refractivity contribution in [2.24, 2.45) is 0 Å². The monoisotopic (exact) mass is 250 g/mol. The van der Waals surface area contributed by atoms with Crippen molar-refractivity contribution in [2.75, 3.05) is 45.7 Å². The van der Waals surface area contributed by atoms with Crippen LogP contribution in [-0.2, 0) is 4.74 Å². The Labute approximate surface area is 109 Å². The van der Waals surface area contributed by atoms with Gasteiger partial charge < -0.3 is 15.0 Å². The number of anilines is 1. The van der Waals surface area contributed by atoms with Crippen LogP contribution in [0.2, 0.25) is 0 Å². The predicted molar refractivity (Wildman–Crippen MR) is 74.3 cm³/mol. The standard InChI is InChI=1S/C14H22N2O2/c1-12(17)13-4-6-14(7-5-13)15-8-10-18-11-9-16(2)3/h4-7,15H,8-11H2,1-3H3. The molecule has 1 aromatic carbocycles. The molecule has 0 heterocycles. The van der Waals surface area contributed by atoms with Gasteiger partial charge in [0, 0.05) is 24.3 Å². The molecule has 0 saturated carbocycles. The number of nitrogens with one attached hydrogen (secondary N) is 1. The van der Waals surface area contributed by atoms with Crippen molar-refractivity contribution in [1.82, 2.24) is 4.90 Å². The Kier molecular flexibility index (Phi) is 6.39. The van der Waals surface area contributed by atoms with E-state index < -0.39 is 0 Å². The zero-order chi connectivity index (χ0) is 13.4. The molecule has 0 atom stereocenters. The summed E-state index contributed by atoms with van der Waals surface area (Å²) in [5.41, 5.74) is 1.75. The van der Waals surface area contributed by atoms with E-state index in [4.69, 9.17) is 4.74 Å². The first kappa shape index (κ1) is 14.7. The highest BCUT2D eigenvalue weighted by atomic mass is 16.5. The van der Waals surface area contributed by atoms with Crippen molar-refractivity contribution in [3.05, 3.63) is 29.8 Å². The Balaban J connectivity index is 2.17. The van der Waals surface area contributed by atoms with Crippen LogP contribution in [-0.4, -0.2) is 51.1 Å². The van der Waals surface area contributed by atoms with Crippen LogP contribution in [0.5, 0.6) is 0 Å². The summed E-state index contributed by atoms with van der Waals surface area (Å²) in [6.07, 6.45) is 0. The summed E-state index contributed by atoms with van der Waals surface area (Å²) in [7, 11) is 4.05. The van der Waals surface area contributed by atoms with Gasteiger partial charge in [0.1, 0.15) is 0 Å². The molecule has 0 spiro atoms. The predicted octanol–water partition coefficient (Wildman–Crippen LogP) is 1.88. The van der Waals surface area contributed by atoms with Gasteiger partial charge >= 0.3 is 0 Å². The molecule has 0 aliphatic heterocycles. The first-order chi connectivity index (χ1) is 8.59. The minimum Gasteiger partial charge on any atom is -0.383 e. The summed E-state index contributed by atoms with van der Waals surface area (Å²) in [6.45, 7) is 4.71. The Bertz CT molecular complexity index is 361. The van der Waals surface area contributed by atoms with Gasteiger partial charge in [-0.2, -0.15) is 0 Å². The molecule has 1 rings (SSSR count). The molecule has 0 unspecified atom stereocenters. The highest BCUT2D eigenvalue weighted by molar-refractivity contribution is 5.94. The molecular formula is C14H22N2O2. The van der Waals surface area contributed by atoms with Crippen LogP contribution in [0.15, 0.2) is 24.3 Å². The number of nitrogens with zero attached hydrogens (tertiary/aromatic N) is 1. The van der Waals surface area contributed by atoms with E-state index in [-0.39, 0.29) is 5.78 Å². The van der Waals surface area contributed by atoms with Crippen LogP contribution in [0.4, 0.5) is 5.69 Å². The first-order valence-corrected chi connectivity index (χ1v) is 6.17. The number of hydrogen-bond acceptors (Lipinski definition) is 4. The third-order valence-electron chi connectivity index (χ3n) is 2.55. The number of carbonyl (C=O) groups is 1. The van der Waals surface area contributed by atoms with E-state index in [1.165, 1.54) is 0 Å². The minimum atomic E-state index is 0.0913. The zero-order valence-electron chi connectivity index (χ0n) is 11.4. The van der Waals surface area contributed by atoms with Crippen molar-refractivity contribution < 1.29 is 9.53 Å². The van der Waals surface area contributed by atoms with Crippen molar-refractivity contribution >= 4 is 11.5 Å². The number of Topliss-reactive ketones (excluding diaryl/α,β-unsaturated/α-hetero) is 1. The molecule has 0 bridgehead atoms. The lowest BCUT2D eigenvalue weighted by atomic mass is 10.1. The van der Waals surface area contributed by atoms with Gasteiger partial charge in [0.2, 0.25) is 0 Å². The number of ketones is 1. The Morgan fingerprint density at radius 1 is 1.22 bits per heavy atom. The second-order valence-electron chi connectivity index (χ2n) is 4.48. The second-order valence-corrected chi connectivity index (χ2v) is 4.48. The van der Waals surface area contributed by atoms with E-state index in [2.05, 4.69) is 10.2 Å². The summed E-state index contributed by atoms with van der Waals surface area (Å²) in [5.74, 6) is 0.0913. The molecule has 1 N–H and O–H groups in total. The van der Waals surface area contributed by atoms with Gasteiger partial charge in [-0.25, -0.2) is 0 Å². The van der Waals surface area contributed by atoms with Gasteiger partial charge in [-0.3, -0.25) is 4.79 Å². The fourth-order valence-corrected chi connectivity index (χ4v) is 1.44. The molecule has 100 valence electrons. The van der Waals surface area contributed by atoms with Gasteiger partial charge in [-0.15, -0.1) is 0 Å². The molecule has 18 heavy (non-hydrogen) atoms. The highest BCUT2D eigenvalue weighted by Crippen LogP contribution is 2.09. The number of ether oxygens (including phenoxy) is 1. The maximum Gasteiger partial charge on any atom is 0.159 e. The van der Waals surface area contributed by atoms with E-state index in [0.717, 1.165) is 30.9 Å². The molecule has 0 aliphatic rings. The Morgan fingerprint density at radius 2 is 1.89 bits per heavy atom. The van der Waals surface area contributed by atoms with E-state index in [9.17, 15) is 4.79 Å². The lowest BCUT2D eigenvalue weighted by Crippen LogP contribution is -2.20. The molecule has 0 saturated heterocycles. The first-order valence-electron chi connectivity index (χ1n) is 6.17.